The number of amides is 1. The molecule has 7 nitrogen and oxygen atoms in total. The molecule has 0 aliphatic carbocycles. The van der Waals surface area contributed by atoms with Gasteiger partial charge in [-0.15, -0.1) is 0 Å². The zero-order valence-electron chi connectivity index (χ0n) is 19.8. The number of carbonyl (C=O) groups excluding carboxylic acids is 1. The largest absolute Gasteiger partial charge is 0.476 e. The standard InChI is InChI=1S/C24H30F3N5O2/c1-6-7-19(24(25,26)27)21(29-5)34-15-23(3,4)22(33)31-20-14-32(11-10-28)13-18(20)17-9-8-16(2)30-12-17/h6-9,12,18,20H,5,11,13-15H2,1-4H3,(H,31,33)/b7-6-,21-19-/t18-,20+/m1/s1. The molecule has 10 heteroatoms. The summed E-state index contributed by atoms with van der Waals surface area (Å²) in [5, 5.41) is 12.1. The Balaban J connectivity index is 2.18. The molecule has 1 aliphatic heterocycles. The van der Waals surface area contributed by atoms with Crippen LogP contribution in [0.1, 0.15) is 37.9 Å². The minimum absolute atomic E-state index is 0.0843. The van der Waals surface area contributed by atoms with E-state index in [0.717, 1.165) is 17.3 Å². The number of aromatic nitrogens is 1. The third-order valence-electron chi connectivity index (χ3n) is 5.57. The van der Waals surface area contributed by atoms with Crippen LogP contribution in [0.25, 0.3) is 0 Å². The summed E-state index contributed by atoms with van der Waals surface area (Å²) in [5.41, 5.74) is -0.435. The van der Waals surface area contributed by atoms with E-state index in [9.17, 15) is 18.0 Å². The van der Waals surface area contributed by atoms with Gasteiger partial charge in [0.1, 0.15) is 12.2 Å². The van der Waals surface area contributed by atoms with Crippen LogP contribution in [0.15, 0.2) is 46.9 Å². The van der Waals surface area contributed by atoms with Crippen molar-refractivity contribution in [2.75, 3.05) is 26.2 Å². The maximum atomic E-state index is 13.3. The van der Waals surface area contributed by atoms with Gasteiger partial charge in [-0.2, -0.15) is 18.4 Å². The monoisotopic (exact) mass is 477 g/mol. The van der Waals surface area contributed by atoms with Crippen LogP contribution in [0.5, 0.6) is 0 Å². The van der Waals surface area contributed by atoms with Crippen molar-refractivity contribution in [3.63, 3.8) is 0 Å². The molecule has 0 aromatic carbocycles. The number of allylic oxidation sites excluding steroid dienone is 3. The van der Waals surface area contributed by atoms with Gasteiger partial charge in [-0.3, -0.25) is 14.7 Å². The molecule has 0 unspecified atom stereocenters. The molecule has 0 bridgehead atoms. The van der Waals surface area contributed by atoms with Crippen molar-refractivity contribution in [2.24, 2.45) is 10.4 Å². The number of halogens is 3. The summed E-state index contributed by atoms with van der Waals surface area (Å²) >= 11 is 0. The topological polar surface area (TPSA) is 90.6 Å². The van der Waals surface area contributed by atoms with E-state index in [4.69, 9.17) is 10.00 Å². The second-order valence-electron chi connectivity index (χ2n) is 8.82. The predicted molar refractivity (Wildman–Crippen MR) is 123 cm³/mol. The molecule has 0 radical (unpaired) electrons. The highest BCUT2D eigenvalue weighted by Crippen LogP contribution is 2.32. The van der Waals surface area contributed by atoms with E-state index in [1.54, 1.807) is 20.0 Å². The summed E-state index contributed by atoms with van der Waals surface area (Å²) in [4.78, 5) is 22.8. The van der Waals surface area contributed by atoms with Crippen molar-refractivity contribution in [1.29, 1.82) is 5.26 Å². The van der Waals surface area contributed by atoms with Gasteiger partial charge in [0.25, 0.3) is 0 Å². The second-order valence-corrected chi connectivity index (χ2v) is 8.82. The Morgan fingerprint density at radius 3 is 2.65 bits per heavy atom. The van der Waals surface area contributed by atoms with E-state index in [1.807, 2.05) is 24.0 Å². The molecule has 0 spiro atoms. The Bertz CT molecular complexity index is 978. The lowest BCUT2D eigenvalue weighted by atomic mass is 9.90. The van der Waals surface area contributed by atoms with E-state index in [0.29, 0.717) is 13.1 Å². The fourth-order valence-corrected chi connectivity index (χ4v) is 3.64. The van der Waals surface area contributed by atoms with Gasteiger partial charge in [0, 0.05) is 36.9 Å². The van der Waals surface area contributed by atoms with Crippen molar-refractivity contribution in [3.05, 3.63) is 53.2 Å². The van der Waals surface area contributed by atoms with Gasteiger partial charge in [0.15, 0.2) is 0 Å². The Morgan fingerprint density at radius 1 is 1.41 bits per heavy atom. The van der Waals surface area contributed by atoms with E-state index >= 15 is 0 Å². The SMILES string of the molecule is C=N/C(OCC(C)(C)C(=O)N[C@H]1CN(CC#N)C[C@@H]1c1ccc(C)nc1)=C(\C=C/C)C(F)(F)F. The average Bonchev–Trinajstić information content (AvgIpc) is 3.15. The Morgan fingerprint density at radius 2 is 2.12 bits per heavy atom. The first-order valence-electron chi connectivity index (χ1n) is 10.8. The van der Waals surface area contributed by atoms with Crippen LogP contribution >= 0.6 is 0 Å². The van der Waals surface area contributed by atoms with E-state index in [1.165, 1.54) is 13.0 Å². The lowest BCUT2D eigenvalue weighted by molar-refractivity contribution is -0.132. The zero-order valence-corrected chi connectivity index (χ0v) is 19.8. The first-order chi connectivity index (χ1) is 15.9. The lowest BCUT2D eigenvalue weighted by Crippen LogP contribution is -2.47. The van der Waals surface area contributed by atoms with Crippen molar-refractivity contribution in [3.8, 4) is 6.07 Å². The number of hydrogen-bond donors (Lipinski definition) is 1. The average molecular weight is 478 g/mol. The van der Waals surface area contributed by atoms with E-state index in [-0.39, 0.29) is 31.0 Å². The van der Waals surface area contributed by atoms with Crippen molar-refractivity contribution in [2.45, 2.75) is 45.8 Å². The number of nitrogens with one attached hydrogen (secondary N) is 1. The molecule has 1 fully saturated rings. The molecular weight excluding hydrogens is 447 g/mol. The van der Waals surface area contributed by atoms with Crippen LogP contribution in [0, 0.1) is 23.7 Å². The van der Waals surface area contributed by atoms with Gasteiger partial charge in [-0.25, -0.2) is 4.99 Å². The summed E-state index contributed by atoms with van der Waals surface area (Å²) in [6.45, 7) is 10.6. The highest BCUT2D eigenvalue weighted by molar-refractivity contribution is 5.82. The quantitative estimate of drug-likeness (QED) is 0.252. The van der Waals surface area contributed by atoms with Crippen LogP contribution in [0.2, 0.25) is 0 Å². The normalized spacial score (nSPS) is 20.1. The molecule has 34 heavy (non-hydrogen) atoms. The number of nitrogens with zero attached hydrogens (tertiary/aromatic N) is 4. The molecule has 2 heterocycles. The number of aryl methyl sites for hydroxylation is 1. The number of alkyl halides is 3. The summed E-state index contributed by atoms with van der Waals surface area (Å²) in [7, 11) is 0. The fraction of sp³-hybridized carbons (Fsp3) is 0.500. The number of pyridine rings is 1. The van der Waals surface area contributed by atoms with E-state index in [2.05, 4.69) is 28.1 Å². The lowest BCUT2D eigenvalue weighted by Gasteiger charge is -2.28. The number of aliphatic imine (C=N–C) groups is 1. The van der Waals surface area contributed by atoms with Gasteiger partial charge in [0.05, 0.1) is 18.0 Å². The van der Waals surface area contributed by atoms with Gasteiger partial charge >= 0.3 is 6.18 Å². The van der Waals surface area contributed by atoms with Gasteiger partial charge in [0.2, 0.25) is 11.8 Å². The highest BCUT2D eigenvalue weighted by Gasteiger charge is 2.40. The third kappa shape index (κ3) is 6.90. The predicted octanol–water partition coefficient (Wildman–Crippen LogP) is 3.89. The Kier molecular flexibility index (Phi) is 8.99. The smallest absolute Gasteiger partial charge is 0.421 e. The van der Waals surface area contributed by atoms with Crippen molar-refractivity contribution >= 4 is 12.6 Å². The zero-order chi connectivity index (χ0) is 25.5. The number of rotatable bonds is 9. The summed E-state index contributed by atoms with van der Waals surface area (Å²) in [6, 6.07) is 5.66. The fourth-order valence-electron chi connectivity index (χ4n) is 3.64. The number of likely N-dealkylation sites (tertiary alicyclic amines) is 1. The van der Waals surface area contributed by atoms with Crippen LogP contribution in [0.3, 0.4) is 0 Å². The minimum Gasteiger partial charge on any atom is -0.476 e. The molecule has 1 aliphatic rings. The summed E-state index contributed by atoms with van der Waals surface area (Å²) in [5.74, 6) is -1.15. The molecule has 0 saturated carbocycles. The first kappa shape index (κ1) is 27.1. The highest BCUT2D eigenvalue weighted by atomic mass is 19.4. The molecule has 184 valence electrons. The van der Waals surface area contributed by atoms with Crippen LogP contribution < -0.4 is 5.32 Å². The second kappa shape index (κ2) is 11.3. The van der Waals surface area contributed by atoms with Crippen LogP contribution in [-0.2, 0) is 9.53 Å². The van der Waals surface area contributed by atoms with Crippen LogP contribution in [-0.4, -0.2) is 61.0 Å². The van der Waals surface area contributed by atoms with Crippen molar-refractivity contribution in [1.82, 2.24) is 15.2 Å². The number of nitriles is 1. The van der Waals surface area contributed by atoms with Gasteiger partial charge in [-0.1, -0.05) is 12.1 Å². The maximum Gasteiger partial charge on any atom is 0.421 e. The maximum absolute atomic E-state index is 13.3. The molecule has 1 aromatic rings. The van der Waals surface area contributed by atoms with Crippen molar-refractivity contribution < 1.29 is 22.7 Å². The van der Waals surface area contributed by atoms with Crippen LogP contribution in [0.4, 0.5) is 13.2 Å². The number of hydrogen-bond acceptors (Lipinski definition) is 6. The number of carbonyl (C=O) groups is 1. The molecule has 2 atom stereocenters. The molecule has 1 saturated heterocycles. The number of ether oxygens (including phenoxy) is 1. The summed E-state index contributed by atoms with van der Waals surface area (Å²) < 4.78 is 45.3. The molecule has 2 rings (SSSR count). The molecular formula is C24H30F3N5O2. The van der Waals surface area contributed by atoms with Gasteiger partial charge < -0.3 is 10.1 Å². The summed E-state index contributed by atoms with van der Waals surface area (Å²) in [6.07, 6.45) is -0.850. The third-order valence-corrected chi connectivity index (χ3v) is 5.57. The Labute approximate surface area is 198 Å². The Hall–Kier alpha value is -3.19. The molecule has 1 N–H and O–H groups in total. The van der Waals surface area contributed by atoms with E-state index < -0.39 is 23.0 Å². The first-order valence-corrected chi connectivity index (χ1v) is 10.8. The molecule has 1 amide bonds. The van der Waals surface area contributed by atoms with Gasteiger partial charge in [-0.05, 0) is 52.1 Å². The molecule has 1 aromatic heterocycles. The minimum atomic E-state index is -4.68.